The molecule has 1 saturated heterocycles. The van der Waals surface area contributed by atoms with Crippen LogP contribution in [-0.4, -0.2) is 35.4 Å². The molecule has 4 heteroatoms. The van der Waals surface area contributed by atoms with E-state index in [2.05, 4.69) is 5.32 Å². The second-order valence-electron chi connectivity index (χ2n) is 4.89. The first-order chi connectivity index (χ1) is 6.33. The van der Waals surface area contributed by atoms with Crippen molar-refractivity contribution in [3.8, 4) is 0 Å². The van der Waals surface area contributed by atoms with Crippen LogP contribution in [0.25, 0.3) is 0 Å². The number of nitrogens with one attached hydrogen (secondary N) is 1. The molecular formula is C10H19NO3. The van der Waals surface area contributed by atoms with Crippen molar-refractivity contribution in [1.29, 1.82) is 0 Å². The van der Waals surface area contributed by atoms with Gasteiger partial charge in [-0.3, -0.25) is 4.79 Å². The molecule has 1 fully saturated rings. The van der Waals surface area contributed by atoms with E-state index in [-0.39, 0.29) is 12.0 Å². The van der Waals surface area contributed by atoms with Crippen molar-refractivity contribution >= 4 is 5.97 Å². The number of hydrogen-bond acceptors (Lipinski definition) is 3. The minimum absolute atomic E-state index is 0.0806. The van der Waals surface area contributed by atoms with Crippen LogP contribution >= 0.6 is 0 Å². The molecule has 1 unspecified atom stereocenters. The Labute approximate surface area is 84.6 Å². The molecule has 1 rings (SSSR count). The Morgan fingerprint density at radius 2 is 2.21 bits per heavy atom. The number of aliphatic carboxylic acids is 1. The predicted molar refractivity (Wildman–Crippen MR) is 53.3 cm³/mol. The van der Waals surface area contributed by atoms with Crippen LogP contribution in [0.5, 0.6) is 0 Å². The predicted octanol–water partition coefficient (Wildman–Crippen LogP) is 1.01. The zero-order chi connectivity index (χ0) is 10.8. The summed E-state index contributed by atoms with van der Waals surface area (Å²) in [5.41, 5.74) is -0.800. The third kappa shape index (κ3) is 3.27. The summed E-state index contributed by atoms with van der Waals surface area (Å²) < 4.78 is 5.85. The lowest BCUT2D eigenvalue weighted by Crippen LogP contribution is -2.43. The molecule has 0 saturated carbocycles. The maximum atomic E-state index is 10.7. The van der Waals surface area contributed by atoms with E-state index in [1.807, 2.05) is 20.8 Å². The van der Waals surface area contributed by atoms with Gasteiger partial charge in [-0.1, -0.05) is 0 Å². The van der Waals surface area contributed by atoms with Crippen LogP contribution in [0.1, 0.15) is 33.6 Å². The topological polar surface area (TPSA) is 58.6 Å². The van der Waals surface area contributed by atoms with Crippen molar-refractivity contribution in [3.05, 3.63) is 0 Å². The molecule has 0 radical (unpaired) electrons. The van der Waals surface area contributed by atoms with E-state index in [1.54, 1.807) is 0 Å². The van der Waals surface area contributed by atoms with Crippen LogP contribution in [0.2, 0.25) is 0 Å². The van der Waals surface area contributed by atoms with E-state index in [0.29, 0.717) is 6.54 Å². The lowest BCUT2D eigenvalue weighted by atomic mass is 9.97. The van der Waals surface area contributed by atoms with Gasteiger partial charge in [0.25, 0.3) is 0 Å². The molecule has 0 bridgehead atoms. The fourth-order valence-electron chi connectivity index (χ4n) is 1.92. The Bertz CT molecular complexity index is 214. The van der Waals surface area contributed by atoms with Crippen LogP contribution in [0.3, 0.4) is 0 Å². The van der Waals surface area contributed by atoms with Gasteiger partial charge in [-0.05, 0) is 33.7 Å². The molecule has 1 heterocycles. The first kappa shape index (κ1) is 11.5. The number of rotatable bonds is 3. The Morgan fingerprint density at radius 3 is 2.57 bits per heavy atom. The van der Waals surface area contributed by atoms with Crippen molar-refractivity contribution < 1.29 is 14.6 Å². The first-order valence-corrected chi connectivity index (χ1v) is 4.96. The molecular weight excluding hydrogens is 182 g/mol. The fraction of sp³-hybridized carbons (Fsp3) is 0.900. The van der Waals surface area contributed by atoms with Gasteiger partial charge < -0.3 is 15.2 Å². The summed E-state index contributed by atoms with van der Waals surface area (Å²) >= 11 is 0. The van der Waals surface area contributed by atoms with Gasteiger partial charge in [-0.15, -0.1) is 0 Å². The second-order valence-corrected chi connectivity index (χ2v) is 4.89. The van der Waals surface area contributed by atoms with Gasteiger partial charge >= 0.3 is 5.97 Å². The average molecular weight is 201 g/mol. The van der Waals surface area contributed by atoms with Crippen molar-refractivity contribution in [2.24, 2.45) is 0 Å². The summed E-state index contributed by atoms with van der Waals surface area (Å²) in [7, 11) is 0. The third-order valence-electron chi connectivity index (χ3n) is 2.20. The minimum Gasteiger partial charge on any atom is -0.481 e. The molecule has 0 aliphatic carbocycles. The van der Waals surface area contributed by atoms with Gasteiger partial charge in [0.05, 0.1) is 17.6 Å². The molecule has 0 aromatic heterocycles. The summed E-state index contributed by atoms with van der Waals surface area (Å²) in [6, 6.07) is 0. The zero-order valence-electron chi connectivity index (χ0n) is 9.09. The van der Waals surface area contributed by atoms with Crippen molar-refractivity contribution in [3.63, 3.8) is 0 Å². The van der Waals surface area contributed by atoms with Gasteiger partial charge in [0.1, 0.15) is 0 Å². The maximum Gasteiger partial charge on any atom is 0.306 e. The van der Waals surface area contributed by atoms with Crippen LogP contribution in [0.4, 0.5) is 0 Å². The summed E-state index contributed by atoms with van der Waals surface area (Å²) in [5, 5.41) is 12.0. The lowest BCUT2D eigenvalue weighted by Gasteiger charge is -2.34. The highest BCUT2D eigenvalue weighted by molar-refractivity contribution is 5.68. The van der Waals surface area contributed by atoms with Crippen molar-refractivity contribution in [1.82, 2.24) is 5.32 Å². The third-order valence-corrected chi connectivity index (χ3v) is 2.20. The summed E-state index contributed by atoms with van der Waals surface area (Å²) in [4.78, 5) is 10.7. The fourth-order valence-corrected chi connectivity index (χ4v) is 1.92. The SMILES string of the molecule is CC(C)(C)OC1(CC(=O)O)CCNC1. The van der Waals surface area contributed by atoms with E-state index in [9.17, 15) is 4.79 Å². The molecule has 0 amide bonds. The highest BCUT2D eigenvalue weighted by Crippen LogP contribution is 2.29. The largest absolute Gasteiger partial charge is 0.481 e. The van der Waals surface area contributed by atoms with E-state index < -0.39 is 11.6 Å². The molecule has 14 heavy (non-hydrogen) atoms. The number of carboxylic acids is 1. The van der Waals surface area contributed by atoms with Gasteiger partial charge in [0, 0.05) is 6.54 Å². The van der Waals surface area contributed by atoms with Gasteiger partial charge in [-0.25, -0.2) is 0 Å². The molecule has 82 valence electrons. The molecule has 0 spiro atoms. The number of carboxylic acid groups (broad SMARTS) is 1. The minimum atomic E-state index is -0.794. The van der Waals surface area contributed by atoms with E-state index >= 15 is 0 Å². The molecule has 2 N–H and O–H groups in total. The Balaban J connectivity index is 2.67. The Kier molecular flexibility index (Phi) is 3.17. The molecule has 1 aliphatic heterocycles. The van der Waals surface area contributed by atoms with E-state index in [4.69, 9.17) is 9.84 Å². The molecule has 1 atom stereocenters. The van der Waals surface area contributed by atoms with Crippen LogP contribution in [0.15, 0.2) is 0 Å². The van der Waals surface area contributed by atoms with Gasteiger partial charge in [-0.2, -0.15) is 0 Å². The van der Waals surface area contributed by atoms with E-state index in [0.717, 1.165) is 13.0 Å². The number of carbonyl (C=O) groups is 1. The van der Waals surface area contributed by atoms with Crippen LogP contribution in [-0.2, 0) is 9.53 Å². The Hall–Kier alpha value is -0.610. The first-order valence-electron chi connectivity index (χ1n) is 4.96. The number of ether oxygens (including phenoxy) is 1. The monoisotopic (exact) mass is 201 g/mol. The Morgan fingerprint density at radius 1 is 1.57 bits per heavy atom. The quantitative estimate of drug-likeness (QED) is 0.715. The number of hydrogen-bond donors (Lipinski definition) is 2. The molecule has 0 aromatic rings. The standard InChI is InChI=1S/C10H19NO3/c1-9(2,3)14-10(6-8(12)13)4-5-11-7-10/h11H,4-7H2,1-3H3,(H,12,13). The highest BCUT2D eigenvalue weighted by atomic mass is 16.5. The highest BCUT2D eigenvalue weighted by Gasteiger charge is 2.40. The van der Waals surface area contributed by atoms with Gasteiger partial charge in [0.2, 0.25) is 0 Å². The van der Waals surface area contributed by atoms with E-state index in [1.165, 1.54) is 0 Å². The summed E-state index contributed by atoms with van der Waals surface area (Å²) in [6.45, 7) is 7.33. The van der Waals surface area contributed by atoms with Gasteiger partial charge in [0.15, 0.2) is 0 Å². The lowest BCUT2D eigenvalue weighted by molar-refractivity contribution is -0.156. The molecule has 1 aliphatic rings. The van der Waals surface area contributed by atoms with Crippen LogP contribution in [0, 0.1) is 0 Å². The van der Waals surface area contributed by atoms with Crippen molar-refractivity contribution in [2.75, 3.05) is 13.1 Å². The molecule has 4 nitrogen and oxygen atoms in total. The second kappa shape index (κ2) is 3.87. The average Bonchev–Trinajstić information content (AvgIpc) is 2.30. The summed E-state index contributed by atoms with van der Waals surface area (Å²) in [5.74, 6) is -0.794. The van der Waals surface area contributed by atoms with Crippen molar-refractivity contribution in [2.45, 2.75) is 44.8 Å². The summed E-state index contributed by atoms with van der Waals surface area (Å²) in [6.07, 6.45) is 0.855. The maximum absolute atomic E-state index is 10.7. The smallest absolute Gasteiger partial charge is 0.306 e. The van der Waals surface area contributed by atoms with Crippen LogP contribution < -0.4 is 5.32 Å². The molecule has 0 aromatic carbocycles. The normalized spacial score (nSPS) is 27.9. The zero-order valence-corrected chi connectivity index (χ0v) is 9.09.